The van der Waals surface area contributed by atoms with E-state index < -0.39 is 0 Å². The number of aliphatic imine (C=N–C) groups is 1. The quantitative estimate of drug-likeness (QED) is 0.294. The molecule has 0 spiro atoms. The Hall–Kier alpha value is -2.09. The molecule has 0 bridgehead atoms. The fraction of sp³-hybridized carbons (Fsp3) is 0.458. The summed E-state index contributed by atoms with van der Waals surface area (Å²) in [4.78, 5) is 4.57. The normalized spacial score (nSPS) is 11.2. The summed E-state index contributed by atoms with van der Waals surface area (Å²) in [6, 6.07) is 16.7. The van der Waals surface area contributed by atoms with Crippen LogP contribution in [-0.4, -0.2) is 12.8 Å². The Morgan fingerprint density at radius 2 is 1.46 bits per heavy atom. The van der Waals surface area contributed by atoms with Gasteiger partial charge in [0.05, 0.1) is 12.3 Å². The van der Waals surface area contributed by atoms with Crippen LogP contribution in [0, 0.1) is 0 Å². The van der Waals surface area contributed by atoms with E-state index in [9.17, 15) is 0 Å². The topological polar surface area (TPSA) is 21.6 Å². The lowest BCUT2D eigenvalue weighted by molar-refractivity contribution is 0.317. The Kier molecular flexibility index (Phi) is 9.56. The maximum atomic E-state index is 5.60. The summed E-state index contributed by atoms with van der Waals surface area (Å²) >= 11 is 0. The highest BCUT2D eigenvalue weighted by atomic mass is 16.5. The highest BCUT2D eigenvalue weighted by molar-refractivity contribution is 5.82. The van der Waals surface area contributed by atoms with Crippen molar-refractivity contribution in [3.05, 3.63) is 59.7 Å². The summed E-state index contributed by atoms with van der Waals surface area (Å²) in [5, 5.41) is 0. The molecule has 26 heavy (non-hydrogen) atoms. The second-order valence-corrected chi connectivity index (χ2v) is 6.86. The third-order valence-corrected chi connectivity index (χ3v) is 4.47. The van der Waals surface area contributed by atoms with Gasteiger partial charge >= 0.3 is 0 Å². The minimum Gasteiger partial charge on any atom is -0.494 e. The van der Waals surface area contributed by atoms with E-state index in [0.29, 0.717) is 0 Å². The first-order valence-electron chi connectivity index (χ1n) is 10.2. The fourth-order valence-electron chi connectivity index (χ4n) is 2.88. The van der Waals surface area contributed by atoms with Gasteiger partial charge in [-0.2, -0.15) is 0 Å². The molecule has 0 amide bonds. The van der Waals surface area contributed by atoms with E-state index in [1.54, 1.807) is 0 Å². The van der Waals surface area contributed by atoms with Gasteiger partial charge in [-0.3, -0.25) is 4.99 Å². The molecule has 0 saturated heterocycles. The van der Waals surface area contributed by atoms with Crippen molar-refractivity contribution in [1.29, 1.82) is 0 Å². The summed E-state index contributed by atoms with van der Waals surface area (Å²) in [5.74, 6) is 0.919. The molecule has 0 fully saturated rings. The highest BCUT2D eigenvalue weighted by Gasteiger charge is 1.96. The lowest BCUT2D eigenvalue weighted by Gasteiger charge is -2.04. The number of ether oxygens (including phenoxy) is 1. The predicted octanol–water partition coefficient (Wildman–Crippen LogP) is 7.13. The largest absolute Gasteiger partial charge is 0.494 e. The van der Waals surface area contributed by atoms with Crippen molar-refractivity contribution in [3.8, 4) is 5.75 Å². The number of benzene rings is 2. The van der Waals surface area contributed by atoms with E-state index in [1.165, 1.54) is 50.5 Å². The van der Waals surface area contributed by atoms with E-state index in [2.05, 4.69) is 43.1 Å². The van der Waals surface area contributed by atoms with Crippen LogP contribution in [0.25, 0.3) is 0 Å². The first kappa shape index (κ1) is 20.2. The van der Waals surface area contributed by atoms with Crippen LogP contribution >= 0.6 is 0 Å². The Balaban J connectivity index is 1.76. The average Bonchev–Trinajstić information content (AvgIpc) is 2.69. The van der Waals surface area contributed by atoms with E-state index in [0.717, 1.165) is 30.0 Å². The van der Waals surface area contributed by atoms with Crippen molar-refractivity contribution in [2.75, 3.05) is 6.61 Å². The standard InChI is InChI=1S/C24H33NO/c1-3-5-6-7-8-9-10-21-11-15-23(16-12-21)25-20-22-13-17-24(18-14-22)26-19-4-2/h11-18,20H,3-10,19H2,1-2H3. The summed E-state index contributed by atoms with van der Waals surface area (Å²) in [6.45, 7) is 5.14. The molecule has 2 rings (SSSR count). The van der Waals surface area contributed by atoms with E-state index in [1.807, 2.05) is 30.5 Å². The van der Waals surface area contributed by atoms with Crippen molar-refractivity contribution in [1.82, 2.24) is 0 Å². The van der Waals surface area contributed by atoms with Gasteiger partial charge in [-0.25, -0.2) is 0 Å². The van der Waals surface area contributed by atoms with Crippen molar-refractivity contribution in [2.45, 2.75) is 65.2 Å². The number of aryl methyl sites for hydroxylation is 1. The van der Waals surface area contributed by atoms with Crippen LogP contribution in [0.3, 0.4) is 0 Å². The monoisotopic (exact) mass is 351 g/mol. The lowest BCUT2D eigenvalue weighted by Crippen LogP contribution is -1.94. The minimum atomic E-state index is 0.762. The molecule has 140 valence electrons. The summed E-state index contributed by atoms with van der Waals surface area (Å²) in [6.07, 6.45) is 12.2. The zero-order valence-corrected chi connectivity index (χ0v) is 16.4. The van der Waals surface area contributed by atoms with Gasteiger partial charge in [0, 0.05) is 6.21 Å². The third kappa shape index (κ3) is 7.86. The second-order valence-electron chi connectivity index (χ2n) is 6.86. The highest BCUT2D eigenvalue weighted by Crippen LogP contribution is 2.17. The van der Waals surface area contributed by atoms with Crippen molar-refractivity contribution < 1.29 is 4.74 Å². The summed E-state index contributed by atoms with van der Waals surface area (Å²) < 4.78 is 5.60. The number of unbranched alkanes of at least 4 members (excludes halogenated alkanes) is 5. The Bertz CT molecular complexity index is 628. The Morgan fingerprint density at radius 3 is 2.15 bits per heavy atom. The van der Waals surface area contributed by atoms with Gasteiger partial charge in [-0.1, -0.05) is 58.1 Å². The number of hydrogen-bond acceptors (Lipinski definition) is 2. The van der Waals surface area contributed by atoms with E-state index in [4.69, 9.17) is 4.74 Å². The molecular formula is C24H33NO. The molecule has 2 aromatic carbocycles. The van der Waals surface area contributed by atoms with Crippen molar-refractivity contribution in [2.24, 2.45) is 4.99 Å². The number of rotatable bonds is 12. The molecule has 0 aliphatic carbocycles. The zero-order valence-electron chi connectivity index (χ0n) is 16.4. The molecule has 2 heteroatoms. The van der Waals surface area contributed by atoms with Crippen LogP contribution in [0.1, 0.15) is 69.9 Å². The van der Waals surface area contributed by atoms with Gasteiger partial charge in [0.25, 0.3) is 0 Å². The Labute approximate surface area is 159 Å². The smallest absolute Gasteiger partial charge is 0.119 e. The van der Waals surface area contributed by atoms with Gasteiger partial charge in [0.1, 0.15) is 5.75 Å². The summed E-state index contributed by atoms with van der Waals surface area (Å²) in [7, 11) is 0. The molecule has 0 aliphatic rings. The molecule has 0 heterocycles. The van der Waals surface area contributed by atoms with Gasteiger partial charge in [-0.05, 0) is 66.8 Å². The molecule has 0 N–H and O–H groups in total. The molecule has 2 aromatic rings. The molecule has 0 aromatic heterocycles. The molecule has 0 unspecified atom stereocenters. The third-order valence-electron chi connectivity index (χ3n) is 4.47. The molecule has 0 aliphatic heterocycles. The lowest BCUT2D eigenvalue weighted by atomic mass is 10.0. The van der Waals surface area contributed by atoms with Crippen LogP contribution in [0.5, 0.6) is 5.75 Å². The van der Waals surface area contributed by atoms with Gasteiger partial charge < -0.3 is 4.74 Å². The van der Waals surface area contributed by atoms with E-state index in [-0.39, 0.29) is 0 Å². The number of hydrogen-bond donors (Lipinski definition) is 0. The predicted molar refractivity (Wildman–Crippen MR) is 113 cm³/mol. The minimum absolute atomic E-state index is 0.762. The van der Waals surface area contributed by atoms with Gasteiger partial charge in [0.15, 0.2) is 0 Å². The maximum Gasteiger partial charge on any atom is 0.119 e. The zero-order chi connectivity index (χ0) is 18.5. The van der Waals surface area contributed by atoms with Crippen molar-refractivity contribution >= 4 is 11.9 Å². The molecule has 2 nitrogen and oxygen atoms in total. The van der Waals surface area contributed by atoms with E-state index >= 15 is 0 Å². The van der Waals surface area contributed by atoms with Crippen LogP contribution in [0.15, 0.2) is 53.5 Å². The van der Waals surface area contributed by atoms with Crippen LogP contribution in [-0.2, 0) is 6.42 Å². The van der Waals surface area contributed by atoms with Crippen LogP contribution in [0.2, 0.25) is 0 Å². The van der Waals surface area contributed by atoms with Gasteiger partial charge in [0.2, 0.25) is 0 Å². The molecular weight excluding hydrogens is 318 g/mol. The number of nitrogens with zero attached hydrogens (tertiary/aromatic N) is 1. The molecule has 0 radical (unpaired) electrons. The average molecular weight is 352 g/mol. The van der Waals surface area contributed by atoms with Gasteiger partial charge in [-0.15, -0.1) is 0 Å². The second kappa shape index (κ2) is 12.3. The first-order chi connectivity index (χ1) is 12.8. The SMILES string of the molecule is CCCCCCCCc1ccc(N=Cc2ccc(OCCC)cc2)cc1. The summed E-state index contributed by atoms with van der Waals surface area (Å²) in [5.41, 5.74) is 3.50. The molecule has 0 saturated carbocycles. The Morgan fingerprint density at radius 1 is 0.769 bits per heavy atom. The van der Waals surface area contributed by atoms with Crippen LogP contribution in [0.4, 0.5) is 5.69 Å². The maximum absolute atomic E-state index is 5.60. The first-order valence-corrected chi connectivity index (χ1v) is 10.2. The van der Waals surface area contributed by atoms with Crippen LogP contribution < -0.4 is 4.74 Å². The molecule has 0 atom stereocenters. The van der Waals surface area contributed by atoms with Crippen molar-refractivity contribution in [3.63, 3.8) is 0 Å². The fourth-order valence-corrected chi connectivity index (χ4v) is 2.88.